The first kappa shape index (κ1) is 18.2. The summed E-state index contributed by atoms with van der Waals surface area (Å²) in [6.45, 7) is 0. The number of anilines is 2. The third-order valence-corrected chi connectivity index (χ3v) is 4.34. The molecule has 0 saturated heterocycles. The molecule has 2 aromatic carbocycles. The van der Waals surface area contributed by atoms with Gasteiger partial charge >= 0.3 is 6.18 Å². The van der Waals surface area contributed by atoms with E-state index in [1.165, 1.54) is 36.4 Å². The lowest BCUT2D eigenvalue weighted by molar-refractivity contribution is -0.137. The number of thiocarbonyl (C=S) groups is 1. The highest BCUT2D eigenvalue weighted by molar-refractivity contribution is 7.90. The molecule has 0 heterocycles. The van der Waals surface area contributed by atoms with Crippen molar-refractivity contribution in [2.75, 3.05) is 16.9 Å². The fourth-order valence-electron chi connectivity index (χ4n) is 1.82. The monoisotopic (exact) mass is 374 g/mol. The molecule has 2 aromatic rings. The summed E-state index contributed by atoms with van der Waals surface area (Å²) in [6, 6.07) is 10.4. The minimum absolute atomic E-state index is 0.168. The van der Waals surface area contributed by atoms with Crippen molar-refractivity contribution in [3.05, 3.63) is 54.1 Å². The molecule has 0 radical (unpaired) electrons. The zero-order valence-corrected chi connectivity index (χ0v) is 14.0. The number of rotatable bonds is 3. The molecule has 4 nitrogen and oxygen atoms in total. The minimum Gasteiger partial charge on any atom is -0.332 e. The van der Waals surface area contributed by atoms with Gasteiger partial charge in [-0.1, -0.05) is 0 Å². The Morgan fingerprint density at radius 1 is 0.917 bits per heavy atom. The van der Waals surface area contributed by atoms with Crippen LogP contribution >= 0.6 is 12.2 Å². The van der Waals surface area contributed by atoms with E-state index in [-0.39, 0.29) is 10.0 Å². The first-order valence-electron chi connectivity index (χ1n) is 6.61. The van der Waals surface area contributed by atoms with Crippen LogP contribution in [0.5, 0.6) is 0 Å². The Kier molecular flexibility index (Phi) is 5.14. The maximum absolute atomic E-state index is 12.5. The molecular formula is C15H13F3N2O2S2. The summed E-state index contributed by atoms with van der Waals surface area (Å²) in [5.74, 6) is 0. The van der Waals surface area contributed by atoms with E-state index < -0.39 is 21.6 Å². The lowest BCUT2D eigenvalue weighted by Gasteiger charge is -2.12. The van der Waals surface area contributed by atoms with E-state index in [9.17, 15) is 21.6 Å². The second-order valence-electron chi connectivity index (χ2n) is 4.95. The highest BCUT2D eigenvalue weighted by Gasteiger charge is 2.29. The molecule has 0 spiro atoms. The van der Waals surface area contributed by atoms with E-state index >= 15 is 0 Å². The second kappa shape index (κ2) is 6.78. The predicted octanol–water partition coefficient (Wildman–Crippen LogP) is 3.92. The van der Waals surface area contributed by atoms with E-state index in [0.29, 0.717) is 11.4 Å². The number of halogens is 3. The van der Waals surface area contributed by atoms with Gasteiger partial charge in [-0.3, -0.25) is 0 Å². The van der Waals surface area contributed by atoms with Gasteiger partial charge in [-0.15, -0.1) is 0 Å². The highest BCUT2D eigenvalue weighted by Crippen LogP contribution is 2.29. The Morgan fingerprint density at radius 2 is 1.33 bits per heavy atom. The minimum atomic E-state index is -4.39. The smallest absolute Gasteiger partial charge is 0.332 e. The van der Waals surface area contributed by atoms with Gasteiger partial charge < -0.3 is 10.6 Å². The molecule has 0 aliphatic heterocycles. The molecule has 2 N–H and O–H groups in total. The van der Waals surface area contributed by atoms with Crippen LogP contribution in [0.15, 0.2) is 53.4 Å². The van der Waals surface area contributed by atoms with Crippen LogP contribution in [0, 0.1) is 0 Å². The molecule has 0 aliphatic rings. The van der Waals surface area contributed by atoms with Gasteiger partial charge in [0.15, 0.2) is 14.9 Å². The van der Waals surface area contributed by atoms with Gasteiger partial charge in [-0.2, -0.15) is 13.2 Å². The van der Waals surface area contributed by atoms with Gasteiger partial charge in [0.1, 0.15) is 0 Å². The number of alkyl halides is 3. The molecular weight excluding hydrogens is 361 g/mol. The van der Waals surface area contributed by atoms with Gasteiger partial charge in [0.2, 0.25) is 0 Å². The first-order valence-corrected chi connectivity index (χ1v) is 8.91. The van der Waals surface area contributed by atoms with E-state index in [1.54, 1.807) is 0 Å². The highest BCUT2D eigenvalue weighted by atomic mass is 32.2. The van der Waals surface area contributed by atoms with Gasteiger partial charge in [0.25, 0.3) is 0 Å². The van der Waals surface area contributed by atoms with Crippen molar-refractivity contribution in [3.8, 4) is 0 Å². The summed E-state index contributed by atoms with van der Waals surface area (Å²) >= 11 is 5.07. The summed E-state index contributed by atoms with van der Waals surface area (Å²) < 4.78 is 60.2. The summed E-state index contributed by atoms with van der Waals surface area (Å²) in [4.78, 5) is 0.176. The van der Waals surface area contributed by atoms with Crippen molar-refractivity contribution in [3.63, 3.8) is 0 Å². The van der Waals surface area contributed by atoms with Crippen LogP contribution in [0.2, 0.25) is 0 Å². The first-order chi connectivity index (χ1) is 11.1. The van der Waals surface area contributed by atoms with Crippen molar-refractivity contribution in [1.29, 1.82) is 0 Å². The van der Waals surface area contributed by atoms with Crippen molar-refractivity contribution >= 4 is 38.5 Å². The molecule has 0 aliphatic carbocycles. The Balaban J connectivity index is 2.00. The Morgan fingerprint density at radius 3 is 1.71 bits per heavy atom. The van der Waals surface area contributed by atoms with Crippen LogP contribution in [0.25, 0.3) is 0 Å². The van der Waals surface area contributed by atoms with E-state index in [4.69, 9.17) is 12.2 Å². The summed E-state index contributed by atoms with van der Waals surface area (Å²) in [7, 11) is -3.28. The number of nitrogens with one attached hydrogen (secondary N) is 2. The fourth-order valence-corrected chi connectivity index (χ4v) is 2.69. The predicted molar refractivity (Wildman–Crippen MR) is 90.8 cm³/mol. The SMILES string of the molecule is CS(=O)(=O)c1ccc(NC(=S)Nc2ccc(C(F)(F)F)cc2)cc1. The molecule has 0 unspecified atom stereocenters. The third kappa shape index (κ3) is 4.93. The molecule has 0 saturated carbocycles. The Hall–Kier alpha value is -2.13. The van der Waals surface area contributed by atoms with Crippen LogP contribution in [0.3, 0.4) is 0 Å². The lowest BCUT2D eigenvalue weighted by atomic mass is 10.2. The maximum Gasteiger partial charge on any atom is 0.416 e. The number of hydrogen-bond donors (Lipinski definition) is 2. The van der Waals surface area contributed by atoms with Crippen molar-refractivity contribution in [2.24, 2.45) is 0 Å². The molecule has 0 fully saturated rings. The van der Waals surface area contributed by atoms with Crippen LogP contribution in [0.4, 0.5) is 24.5 Å². The Labute approximate surface area is 142 Å². The van der Waals surface area contributed by atoms with Gasteiger partial charge in [0, 0.05) is 17.6 Å². The zero-order valence-electron chi connectivity index (χ0n) is 12.4. The molecule has 128 valence electrons. The Bertz CT molecular complexity index is 831. The van der Waals surface area contributed by atoms with Gasteiger partial charge in [-0.25, -0.2) is 8.42 Å². The van der Waals surface area contributed by atoms with Crippen LogP contribution in [-0.2, 0) is 16.0 Å². The normalized spacial score (nSPS) is 11.8. The van der Waals surface area contributed by atoms with Crippen molar-refractivity contribution in [1.82, 2.24) is 0 Å². The van der Waals surface area contributed by atoms with Gasteiger partial charge in [-0.05, 0) is 60.7 Å². The summed E-state index contributed by atoms with van der Waals surface area (Å²) in [6.07, 6.45) is -3.29. The molecule has 9 heteroatoms. The molecule has 0 bridgehead atoms. The number of hydrogen-bond acceptors (Lipinski definition) is 3. The topological polar surface area (TPSA) is 58.2 Å². The number of benzene rings is 2. The average Bonchev–Trinajstić information content (AvgIpc) is 2.46. The zero-order chi connectivity index (χ0) is 18.0. The van der Waals surface area contributed by atoms with Crippen molar-refractivity contribution < 1.29 is 21.6 Å². The second-order valence-corrected chi connectivity index (χ2v) is 7.37. The van der Waals surface area contributed by atoms with E-state index in [0.717, 1.165) is 18.4 Å². The average molecular weight is 374 g/mol. The fraction of sp³-hybridized carbons (Fsp3) is 0.133. The lowest BCUT2D eigenvalue weighted by Crippen LogP contribution is -2.19. The van der Waals surface area contributed by atoms with Gasteiger partial charge in [0.05, 0.1) is 10.5 Å². The molecule has 0 amide bonds. The van der Waals surface area contributed by atoms with Crippen molar-refractivity contribution in [2.45, 2.75) is 11.1 Å². The van der Waals surface area contributed by atoms with E-state index in [2.05, 4.69) is 10.6 Å². The molecule has 0 aromatic heterocycles. The van der Waals surface area contributed by atoms with Crippen LogP contribution in [-0.4, -0.2) is 19.8 Å². The molecule has 2 rings (SSSR count). The molecule has 24 heavy (non-hydrogen) atoms. The largest absolute Gasteiger partial charge is 0.416 e. The summed E-state index contributed by atoms with van der Waals surface area (Å²) in [5.41, 5.74) is 0.198. The summed E-state index contributed by atoms with van der Waals surface area (Å²) in [5, 5.41) is 5.73. The maximum atomic E-state index is 12.5. The van der Waals surface area contributed by atoms with Crippen LogP contribution < -0.4 is 10.6 Å². The quantitative estimate of drug-likeness (QED) is 0.798. The number of sulfone groups is 1. The molecule has 0 atom stereocenters. The van der Waals surface area contributed by atoms with Crippen LogP contribution in [0.1, 0.15) is 5.56 Å². The van der Waals surface area contributed by atoms with E-state index in [1.807, 2.05) is 0 Å². The third-order valence-electron chi connectivity index (χ3n) is 3.01. The standard InChI is InChI=1S/C15H13F3N2O2S2/c1-24(21,22)13-8-6-12(7-9-13)20-14(23)19-11-4-2-10(3-5-11)15(16,17)18/h2-9H,1H3,(H2,19,20,23).